The minimum Gasteiger partial charge on any atom is -0.352 e. The largest absolute Gasteiger partial charge is 0.352 e. The van der Waals surface area contributed by atoms with Gasteiger partial charge in [-0.25, -0.2) is 9.97 Å². The van der Waals surface area contributed by atoms with Crippen molar-refractivity contribution < 1.29 is 4.79 Å². The third kappa shape index (κ3) is 3.16. The van der Waals surface area contributed by atoms with Gasteiger partial charge in [-0.05, 0) is 25.8 Å². The van der Waals surface area contributed by atoms with E-state index in [9.17, 15) is 4.79 Å². The minimum atomic E-state index is -0.444. The number of carbonyl (C=O) groups is 1. The van der Waals surface area contributed by atoms with E-state index in [0.717, 1.165) is 31.9 Å². The molecule has 1 aliphatic rings. The Bertz CT molecular complexity index is 387. The number of anilines is 1. The topological polar surface area (TPSA) is 84.1 Å². The first-order chi connectivity index (χ1) is 8.66. The van der Waals surface area contributed by atoms with Crippen molar-refractivity contribution in [2.24, 2.45) is 5.73 Å². The van der Waals surface area contributed by atoms with E-state index in [-0.39, 0.29) is 11.9 Å². The van der Waals surface area contributed by atoms with Crippen molar-refractivity contribution in [3.05, 3.63) is 18.5 Å². The summed E-state index contributed by atoms with van der Waals surface area (Å²) < 4.78 is 0. The van der Waals surface area contributed by atoms with Crippen LogP contribution >= 0.6 is 0 Å². The molecule has 0 spiro atoms. The molecular weight excluding hydrogens is 230 g/mol. The monoisotopic (exact) mass is 249 g/mol. The quantitative estimate of drug-likeness (QED) is 0.782. The predicted octanol–water partition coefficient (Wildman–Crippen LogP) is -0.0912. The Kier molecular flexibility index (Phi) is 4.09. The number of aromatic nitrogens is 2. The number of hydrogen-bond acceptors (Lipinski definition) is 5. The second-order valence-electron chi connectivity index (χ2n) is 4.61. The molecule has 0 aromatic carbocycles. The van der Waals surface area contributed by atoms with E-state index in [4.69, 9.17) is 5.73 Å². The second-order valence-corrected chi connectivity index (χ2v) is 4.61. The maximum Gasteiger partial charge on any atom is 0.236 e. The van der Waals surface area contributed by atoms with Gasteiger partial charge in [0.1, 0.15) is 0 Å². The van der Waals surface area contributed by atoms with Gasteiger partial charge < -0.3 is 16.0 Å². The Morgan fingerprint density at radius 2 is 2.06 bits per heavy atom. The third-order valence-corrected chi connectivity index (χ3v) is 3.09. The standard InChI is InChI=1S/C12H19N5O/c1-9(13)11(18)16-10-3-7-17(8-4-10)12-14-5-2-6-15-12/h2,5-6,9-10H,3-4,7-8,13H2,1H3,(H,16,18)/t9-/m1/s1. The first-order valence-corrected chi connectivity index (χ1v) is 6.24. The van der Waals surface area contributed by atoms with Gasteiger partial charge in [-0.1, -0.05) is 0 Å². The number of nitrogens with one attached hydrogen (secondary N) is 1. The summed E-state index contributed by atoms with van der Waals surface area (Å²) >= 11 is 0. The molecule has 6 nitrogen and oxygen atoms in total. The summed E-state index contributed by atoms with van der Waals surface area (Å²) in [7, 11) is 0. The number of piperidine rings is 1. The van der Waals surface area contributed by atoms with E-state index < -0.39 is 6.04 Å². The molecule has 1 aromatic heterocycles. The van der Waals surface area contributed by atoms with E-state index in [2.05, 4.69) is 20.2 Å². The molecule has 6 heteroatoms. The highest BCUT2D eigenvalue weighted by molar-refractivity contribution is 5.81. The van der Waals surface area contributed by atoms with E-state index in [1.807, 2.05) is 0 Å². The van der Waals surface area contributed by atoms with Crippen molar-refractivity contribution >= 4 is 11.9 Å². The van der Waals surface area contributed by atoms with Crippen LogP contribution in [0.5, 0.6) is 0 Å². The molecule has 0 bridgehead atoms. The van der Waals surface area contributed by atoms with Gasteiger partial charge in [0.2, 0.25) is 11.9 Å². The Hall–Kier alpha value is -1.69. The lowest BCUT2D eigenvalue weighted by Gasteiger charge is -2.32. The Labute approximate surface area is 107 Å². The summed E-state index contributed by atoms with van der Waals surface area (Å²) in [5.74, 6) is 0.680. The summed E-state index contributed by atoms with van der Waals surface area (Å²) in [6.07, 6.45) is 5.28. The van der Waals surface area contributed by atoms with Crippen LogP contribution in [0.15, 0.2) is 18.5 Å². The maximum atomic E-state index is 11.5. The predicted molar refractivity (Wildman–Crippen MR) is 69.1 cm³/mol. The average molecular weight is 249 g/mol. The Balaban J connectivity index is 1.83. The zero-order chi connectivity index (χ0) is 13.0. The molecule has 18 heavy (non-hydrogen) atoms. The van der Waals surface area contributed by atoms with Crippen LogP contribution in [0.2, 0.25) is 0 Å². The maximum absolute atomic E-state index is 11.5. The molecule has 0 unspecified atom stereocenters. The van der Waals surface area contributed by atoms with Crippen molar-refractivity contribution in [2.75, 3.05) is 18.0 Å². The first-order valence-electron chi connectivity index (χ1n) is 6.24. The fraction of sp³-hybridized carbons (Fsp3) is 0.583. The fourth-order valence-electron chi connectivity index (χ4n) is 2.01. The van der Waals surface area contributed by atoms with Gasteiger partial charge in [-0.2, -0.15) is 0 Å². The van der Waals surface area contributed by atoms with Crippen molar-refractivity contribution in [1.29, 1.82) is 0 Å². The van der Waals surface area contributed by atoms with Crippen molar-refractivity contribution in [2.45, 2.75) is 31.8 Å². The van der Waals surface area contributed by atoms with Gasteiger partial charge in [0.15, 0.2) is 0 Å². The van der Waals surface area contributed by atoms with Crippen LogP contribution in [0.25, 0.3) is 0 Å². The van der Waals surface area contributed by atoms with E-state index in [0.29, 0.717) is 0 Å². The second kappa shape index (κ2) is 5.77. The van der Waals surface area contributed by atoms with Crippen LogP contribution in [0, 0.1) is 0 Å². The zero-order valence-electron chi connectivity index (χ0n) is 10.5. The van der Waals surface area contributed by atoms with Crippen LogP contribution in [-0.4, -0.2) is 41.0 Å². The van der Waals surface area contributed by atoms with Gasteiger partial charge in [0, 0.05) is 31.5 Å². The van der Waals surface area contributed by atoms with E-state index >= 15 is 0 Å². The summed E-state index contributed by atoms with van der Waals surface area (Å²) in [6, 6.07) is 1.57. The number of nitrogens with zero attached hydrogens (tertiary/aromatic N) is 3. The van der Waals surface area contributed by atoms with E-state index in [1.54, 1.807) is 25.4 Å². The van der Waals surface area contributed by atoms with Gasteiger partial charge in [-0.3, -0.25) is 4.79 Å². The molecule has 0 radical (unpaired) electrons. The average Bonchev–Trinajstić information content (AvgIpc) is 2.40. The lowest BCUT2D eigenvalue weighted by Crippen LogP contribution is -2.49. The van der Waals surface area contributed by atoms with Crippen LogP contribution < -0.4 is 16.0 Å². The highest BCUT2D eigenvalue weighted by atomic mass is 16.2. The lowest BCUT2D eigenvalue weighted by molar-refractivity contribution is -0.122. The van der Waals surface area contributed by atoms with Crippen LogP contribution in [0.4, 0.5) is 5.95 Å². The molecule has 3 N–H and O–H groups in total. The van der Waals surface area contributed by atoms with Gasteiger partial charge in [0.25, 0.3) is 0 Å². The molecule has 1 fully saturated rings. The number of carbonyl (C=O) groups excluding carboxylic acids is 1. The molecule has 2 rings (SSSR count). The first kappa shape index (κ1) is 12.8. The van der Waals surface area contributed by atoms with Crippen LogP contribution in [0.1, 0.15) is 19.8 Å². The van der Waals surface area contributed by atoms with Gasteiger partial charge >= 0.3 is 0 Å². The number of nitrogens with two attached hydrogens (primary N) is 1. The van der Waals surface area contributed by atoms with Gasteiger partial charge in [0.05, 0.1) is 6.04 Å². The summed E-state index contributed by atoms with van der Waals surface area (Å²) in [5.41, 5.74) is 5.53. The minimum absolute atomic E-state index is 0.0792. The summed E-state index contributed by atoms with van der Waals surface area (Å²) in [5, 5.41) is 2.96. The number of hydrogen-bond donors (Lipinski definition) is 2. The normalized spacial score (nSPS) is 18.4. The number of rotatable bonds is 3. The van der Waals surface area contributed by atoms with Crippen molar-refractivity contribution in [1.82, 2.24) is 15.3 Å². The molecule has 1 saturated heterocycles. The fourth-order valence-corrected chi connectivity index (χ4v) is 2.01. The summed E-state index contributed by atoms with van der Waals surface area (Å²) in [4.78, 5) is 22.1. The number of amides is 1. The molecule has 2 heterocycles. The Morgan fingerprint density at radius 1 is 1.44 bits per heavy atom. The lowest BCUT2D eigenvalue weighted by atomic mass is 10.0. The highest BCUT2D eigenvalue weighted by Gasteiger charge is 2.22. The van der Waals surface area contributed by atoms with Crippen molar-refractivity contribution in [3.63, 3.8) is 0 Å². The summed E-state index contributed by atoms with van der Waals surface area (Å²) in [6.45, 7) is 3.41. The van der Waals surface area contributed by atoms with Gasteiger partial charge in [-0.15, -0.1) is 0 Å². The molecule has 1 atom stereocenters. The molecule has 98 valence electrons. The van der Waals surface area contributed by atoms with Crippen LogP contribution in [-0.2, 0) is 4.79 Å². The van der Waals surface area contributed by atoms with E-state index in [1.165, 1.54) is 0 Å². The zero-order valence-corrected chi connectivity index (χ0v) is 10.5. The molecule has 0 saturated carbocycles. The molecule has 1 aliphatic heterocycles. The van der Waals surface area contributed by atoms with Crippen molar-refractivity contribution in [3.8, 4) is 0 Å². The Morgan fingerprint density at radius 3 is 2.61 bits per heavy atom. The highest BCUT2D eigenvalue weighted by Crippen LogP contribution is 2.15. The molecule has 1 aromatic rings. The molecular formula is C12H19N5O. The third-order valence-electron chi connectivity index (χ3n) is 3.09. The molecule has 0 aliphatic carbocycles. The van der Waals surface area contributed by atoms with Crippen LogP contribution in [0.3, 0.4) is 0 Å². The smallest absolute Gasteiger partial charge is 0.236 e. The molecule has 1 amide bonds. The SMILES string of the molecule is C[C@@H](N)C(=O)NC1CCN(c2ncccn2)CC1.